The number of rotatable bonds is 10. The number of alkyl halides is 1. The number of hydrogen-bond acceptors (Lipinski definition) is 6. The minimum atomic E-state index is -1.16. The van der Waals surface area contributed by atoms with Crippen LogP contribution in [0.1, 0.15) is 24.0 Å². The Morgan fingerprint density at radius 3 is 2.68 bits per heavy atom. The number of amides is 2. The molecule has 2 aliphatic rings. The maximum atomic E-state index is 12.8. The second-order valence-corrected chi connectivity index (χ2v) is 9.35. The van der Waals surface area contributed by atoms with Gasteiger partial charge in [0.2, 0.25) is 11.8 Å². The third-order valence-corrected chi connectivity index (χ3v) is 6.72. The van der Waals surface area contributed by atoms with E-state index >= 15 is 0 Å². The van der Waals surface area contributed by atoms with Crippen LogP contribution in [-0.4, -0.2) is 63.6 Å². The van der Waals surface area contributed by atoms with E-state index in [1.54, 1.807) is 0 Å². The lowest BCUT2D eigenvalue weighted by Crippen LogP contribution is -2.50. The third-order valence-electron chi connectivity index (χ3n) is 4.87. The van der Waals surface area contributed by atoms with Crippen LogP contribution in [0.5, 0.6) is 0 Å². The molecule has 2 aliphatic heterocycles. The van der Waals surface area contributed by atoms with Gasteiger partial charge in [0.05, 0.1) is 49.0 Å². The maximum absolute atomic E-state index is 12.8. The van der Waals surface area contributed by atoms with Gasteiger partial charge in [-0.2, -0.15) is 0 Å². The number of nitrogens with one attached hydrogen (secondary N) is 1. The Morgan fingerprint density at radius 1 is 1.14 bits per heavy atom. The summed E-state index contributed by atoms with van der Waals surface area (Å²) in [4.78, 5) is 26.4. The highest BCUT2D eigenvalue weighted by Crippen LogP contribution is 2.31. The number of piperidine rings is 1. The monoisotopic (exact) mass is 520 g/mol. The molecule has 1 aromatic carbocycles. The molecule has 9 heteroatoms. The van der Waals surface area contributed by atoms with Crippen molar-refractivity contribution in [3.63, 3.8) is 0 Å². The molecule has 0 aromatic heterocycles. The second-order valence-electron chi connectivity index (χ2n) is 6.73. The summed E-state index contributed by atoms with van der Waals surface area (Å²) in [6, 6.07) is 5.52. The molecule has 154 valence electrons. The van der Waals surface area contributed by atoms with Crippen LogP contribution < -0.4 is 5.32 Å². The molecule has 2 unspecified atom stereocenters. The number of imide groups is 1. The van der Waals surface area contributed by atoms with Gasteiger partial charge in [0.15, 0.2) is 0 Å². The van der Waals surface area contributed by atoms with Crippen molar-refractivity contribution in [2.75, 3.05) is 36.6 Å². The van der Waals surface area contributed by atoms with Gasteiger partial charge in [0.1, 0.15) is 0 Å². The molecule has 1 fully saturated rings. The molecule has 1 N–H and O–H groups in total. The first-order chi connectivity index (χ1) is 13.6. The van der Waals surface area contributed by atoms with Crippen molar-refractivity contribution in [1.29, 1.82) is 0 Å². The Kier molecular flexibility index (Phi) is 8.39. The van der Waals surface area contributed by atoms with Crippen LogP contribution in [-0.2, 0) is 43.0 Å². The van der Waals surface area contributed by atoms with E-state index in [1.165, 1.54) is 0 Å². The van der Waals surface area contributed by atoms with Crippen molar-refractivity contribution in [3.8, 4) is 0 Å². The molecule has 28 heavy (non-hydrogen) atoms. The summed E-state index contributed by atoms with van der Waals surface area (Å²) in [6.07, 6.45) is 0.894. The van der Waals surface area contributed by atoms with Gasteiger partial charge in [-0.3, -0.25) is 24.0 Å². The SMILES string of the molecule is O=C1CCC(N2Cc3cccc(S(=O)CCOCCOCCI)c3C2)C(=O)N1. The van der Waals surface area contributed by atoms with Gasteiger partial charge < -0.3 is 9.47 Å². The fourth-order valence-corrected chi connectivity index (χ4v) is 5.00. The molecule has 0 aliphatic carbocycles. The van der Waals surface area contributed by atoms with Gasteiger partial charge in [-0.25, -0.2) is 0 Å². The summed E-state index contributed by atoms with van der Waals surface area (Å²) in [6.45, 7) is 3.41. The Bertz CT molecular complexity index is 745. The number of hydrogen-bond donors (Lipinski definition) is 1. The molecule has 0 saturated carbocycles. The van der Waals surface area contributed by atoms with E-state index in [1.807, 2.05) is 18.2 Å². The standard InChI is InChI=1S/C19H25IN2O5S/c20-6-7-26-8-9-27-10-11-28(25)17-3-1-2-14-12-22(13-15(14)17)16-4-5-18(23)21-19(16)24/h1-3,16H,4-13H2,(H,21,23,24). The molecule has 2 atom stereocenters. The summed E-state index contributed by atoms with van der Waals surface area (Å²) in [7, 11) is -1.16. The fourth-order valence-electron chi connectivity index (χ4n) is 3.50. The average molecular weight is 520 g/mol. The van der Waals surface area contributed by atoms with E-state index in [-0.39, 0.29) is 17.9 Å². The number of ether oxygens (including phenoxy) is 2. The minimum Gasteiger partial charge on any atom is -0.378 e. The van der Waals surface area contributed by atoms with Crippen LogP contribution in [0, 0.1) is 0 Å². The van der Waals surface area contributed by atoms with Crippen LogP contribution in [0.2, 0.25) is 0 Å². The summed E-state index contributed by atoms with van der Waals surface area (Å²) in [5.74, 6) is -0.00870. The predicted octanol–water partition coefficient (Wildman–Crippen LogP) is 1.38. The van der Waals surface area contributed by atoms with E-state index in [0.29, 0.717) is 51.5 Å². The molecule has 2 heterocycles. The number of benzene rings is 1. The lowest BCUT2D eigenvalue weighted by Gasteiger charge is -2.29. The van der Waals surface area contributed by atoms with Crippen molar-refractivity contribution >= 4 is 45.2 Å². The molecular formula is C19H25IN2O5S. The molecule has 3 rings (SSSR count). The lowest BCUT2D eigenvalue weighted by atomic mass is 10.0. The third kappa shape index (κ3) is 5.59. The van der Waals surface area contributed by atoms with Crippen molar-refractivity contribution in [2.24, 2.45) is 0 Å². The van der Waals surface area contributed by atoms with Gasteiger partial charge in [0.25, 0.3) is 0 Å². The lowest BCUT2D eigenvalue weighted by molar-refractivity contribution is -0.137. The minimum absolute atomic E-state index is 0.209. The quantitative estimate of drug-likeness (QED) is 0.217. The number of nitrogens with zero attached hydrogens (tertiary/aromatic N) is 1. The van der Waals surface area contributed by atoms with E-state index in [0.717, 1.165) is 27.1 Å². The summed E-state index contributed by atoms with van der Waals surface area (Å²) < 4.78 is 24.6. The molecule has 7 nitrogen and oxygen atoms in total. The number of carbonyl (C=O) groups excluding carboxylic acids is 2. The van der Waals surface area contributed by atoms with E-state index in [2.05, 4.69) is 32.8 Å². The first-order valence-corrected chi connectivity index (χ1v) is 12.2. The van der Waals surface area contributed by atoms with Crippen molar-refractivity contribution in [3.05, 3.63) is 29.3 Å². The Morgan fingerprint density at radius 2 is 1.93 bits per heavy atom. The van der Waals surface area contributed by atoms with Crippen molar-refractivity contribution in [1.82, 2.24) is 10.2 Å². The highest BCUT2D eigenvalue weighted by Gasteiger charge is 2.35. The zero-order valence-corrected chi connectivity index (χ0v) is 18.6. The number of halogens is 1. The van der Waals surface area contributed by atoms with Crippen LogP contribution in [0.25, 0.3) is 0 Å². The largest absolute Gasteiger partial charge is 0.378 e. The summed E-state index contributed by atoms with van der Waals surface area (Å²) in [5.41, 5.74) is 2.14. The van der Waals surface area contributed by atoms with Gasteiger partial charge in [-0.05, 0) is 23.6 Å². The van der Waals surface area contributed by atoms with Gasteiger partial charge in [0, 0.05) is 28.8 Å². The molecular weight excluding hydrogens is 495 g/mol. The van der Waals surface area contributed by atoms with Crippen LogP contribution >= 0.6 is 22.6 Å². The highest BCUT2D eigenvalue weighted by atomic mass is 127. The van der Waals surface area contributed by atoms with Gasteiger partial charge in [-0.15, -0.1) is 0 Å². The zero-order chi connectivity index (χ0) is 19.9. The maximum Gasteiger partial charge on any atom is 0.243 e. The van der Waals surface area contributed by atoms with E-state index in [9.17, 15) is 13.8 Å². The topological polar surface area (TPSA) is 84.9 Å². The molecule has 1 aromatic rings. The molecule has 0 spiro atoms. The Hall–Kier alpha value is -0.880. The van der Waals surface area contributed by atoms with Crippen LogP contribution in [0.4, 0.5) is 0 Å². The van der Waals surface area contributed by atoms with Gasteiger partial charge >= 0.3 is 0 Å². The van der Waals surface area contributed by atoms with E-state index in [4.69, 9.17) is 9.47 Å². The second kappa shape index (κ2) is 10.8. The predicted molar refractivity (Wildman–Crippen MR) is 114 cm³/mol. The first-order valence-electron chi connectivity index (χ1n) is 9.38. The molecule has 1 saturated heterocycles. The van der Waals surface area contributed by atoms with Crippen molar-refractivity contribution < 1.29 is 23.3 Å². The number of fused-ring (bicyclic) bond motifs is 1. The smallest absolute Gasteiger partial charge is 0.243 e. The van der Waals surface area contributed by atoms with Crippen LogP contribution in [0.3, 0.4) is 0 Å². The van der Waals surface area contributed by atoms with Gasteiger partial charge in [-0.1, -0.05) is 34.7 Å². The zero-order valence-electron chi connectivity index (χ0n) is 15.7. The Labute approximate surface area is 181 Å². The fraction of sp³-hybridized carbons (Fsp3) is 0.579. The molecule has 0 bridgehead atoms. The molecule has 2 amide bonds. The normalized spacial score (nSPS) is 20.8. The first kappa shape index (κ1) is 21.8. The number of carbonyl (C=O) groups is 2. The van der Waals surface area contributed by atoms with Crippen LogP contribution in [0.15, 0.2) is 23.1 Å². The van der Waals surface area contributed by atoms with Crippen molar-refractivity contribution in [2.45, 2.75) is 36.9 Å². The summed E-state index contributed by atoms with van der Waals surface area (Å²) >= 11 is 2.26. The van der Waals surface area contributed by atoms with E-state index < -0.39 is 10.8 Å². The summed E-state index contributed by atoms with van der Waals surface area (Å²) in [5, 5.41) is 2.42. The Balaban J connectivity index is 1.54. The highest BCUT2D eigenvalue weighted by molar-refractivity contribution is 14.1. The average Bonchev–Trinajstić information content (AvgIpc) is 3.11. The molecule has 0 radical (unpaired) electrons.